The Bertz CT molecular complexity index is 611. The fraction of sp³-hybridized carbons (Fsp3) is 0.500. The summed E-state index contributed by atoms with van der Waals surface area (Å²) in [7, 11) is 0. The molecule has 2 aliphatic heterocycles. The number of hydrogen-bond donors (Lipinski definition) is 1. The lowest BCUT2D eigenvalue weighted by Gasteiger charge is -2.40. The Morgan fingerprint density at radius 1 is 1.12 bits per heavy atom. The summed E-state index contributed by atoms with van der Waals surface area (Å²) in [6.07, 6.45) is -0.458. The van der Waals surface area contributed by atoms with Gasteiger partial charge in [-0.15, -0.1) is 0 Å². The Morgan fingerprint density at radius 3 is 2.29 bits per heavy atom. The predicted molar refractivity (Wildman–Crippen MR) is 95.7 cm³/mol. The zero-order chi connectivity index (χ0) is 17.3. The van der Waals surface area contributed by atoms with E-state index < -0.39 is 6.10 Å². The molecular weight excluding hydrogens is 326 g/mol. The van der Waals surface area contributed by atoms with E-state index in [1.54, 1.807) is 11.8 Å². The van der Waals surface area contributed by atoms with Crippen LogP contribution in [0.4, 0.5) is 0 Å². The molecule has 0 radical (unpaired) electrons. The number of benzene rings is 1. The summed E-state index contributed by atoms with van der Waals surface area (Å²) in [4.78, 5) is 17.8. The summed E-state index contributed by atoms with van der Waals surface area (Å²) in [5.41, 5.74) is 2.08. The van der Waals surface area contributed by atoms with Crippen molar-refractivity contribution in [2.45, 2.75) is 19.1 Å². The van der Waals surface area contributed by atoms with Crippen LogP contribution < -0.4 is 0 Å². The molecular formula is C18H24ClN3O2. The molecule has 2 aliphatic rings. The summed E-state index contributed by atoms with van der Waals surface area (Å²) in [6, 6.07) is 7.78. The number of hydrogen-bond acceptors (Lipinski definition) is 4. The number of likely N-dealkylation sites (tertiary alicyclic amines) is 1. The molecule has 2 saturated heterocycles. The maximum atomic E-state index is 11.5. The maximum Gasteiger partial charge on any atom is 0.219 e. The van der Waals surface area contributed by atoms with Crippen LogP contribution in [0.25, 0.3) is 5.70 Å². The second kappa shape index (κ2) is 7.13. The highest BCUT2D eigenvalue weighted by Gasteiger charge is 2.37. The standard InChI is InChI=1S/C18H24ClN3O2/c1-13(15-3-5-16(19)6-4-15)20-7-9-21(10-8-20)17-11-22(14(2)23)12-18(17)24/h3-6,17-18,24H,1,7-12H2,2H3/t17-,18-/m1/s1. The highest BCUT2D eigenvalue weighted by Crippen LogP contribution is 2.23. The van der Waals surface area contributed by atoms with E-state index >= 15 is 0 Å². The van der Waals surface area contributed by atoms with Gasteiger partial charge in [-0.25, -0.2) is 0 Å². The number of amides is 1. The molecule has 0 saturated carbocycles. The van der Waals surface area contributed by atoms with Crippen LogP contribution in [-0.2, 0) is 4.79 Å². The van der Waals surface area contributed by atoms with Gasteiger partial charge in [0.2, 0.25) is 5.91 Å². The SMILES string of the molecule is C=C(c1ccc(Cl)cc1)N1CCN([C@@H]2CN(C(C)=O)C[C@H]2O)CC1. The minimum absolute atomic E-state index is 0.0336. The average Bonchev–Trinajstić information content (AvgIpc) is 2.97. The van der Waals surface area contributed by atoms with Gasteiger partial charge in [0.1, 0.15) is 0 Å². The van der Waals surface area contributed by atoms with Crippen molar-refractivity contribution in [2.24, 2.45) is 0 Å². The van der Waals surface area contributed by atoms with Gasteiger partial charge in [0.15, 0.2) is 0 Å². The van der Waals surface area contributed by atoms with Gasteiger partial charge >= 0.3 is 0 Å². The van der Waals surface area contributed by atoms with Crippen molar-refractivity contribution in [1.82, 2.24) is 14.7 Å². The highest BCUT2D eigenvalue weighted by atomic mass is 35.5. The fourth-order valence-corrected chi connectivity index (χ4v) is 3.66. The van der Waals surface area contributed by atoms with Crippen molar-refractivity contribution >= 4 is 23.2 Å². The van der Waals surface area contributed by atoms with Gasteiger partial charge in [-0.05, 0) is 17.7 Å². The van der Waals surface area contributed by atoms with Crippen molar-refractivity contribution in [3.05, 3.63) is 41.4 Å². The molecule has 2 heterocycles. The van der Waals surface area contributed by atoms with Crippen molar-refractivity contribution in [3.63, 3.8) is 0 Å². The van der Waals surface area contributed by atoms with Crippen molar-refractivity contribution in [3.8, 4) is 0 Å². The molecule has 2 atom stereocenters. The van der Waals surface area contributed by atoms with E-state index in [0.29, 0.717) is 13.1 Å². The first-order valence-corrected chi connectivity index (χ1v) is 8.71. The summed E-state index contributed by atoms with van der Waals surface area (Å²) < 4.78 is 0. The lowest BCUT2D eigenvalue weighted by Crippen LogP contribution is -2.53. The largest absolute Gasteiger partial charge is 0.390 e. The number of carbonyl (C=O) groups excluding carboxylic acids is 1. The summed E-state index contributed by atoms with van der Waals surface area (Å²) >= 11 is 5.94. The number of rotatable bonds is 3. The van der Waals surface area contributed by atoms with Crippen molar-refractivity contribution < 1.29 is 9.90 Å². The smallest absolute Gasteiger partial charge is 0.219 e. The van der Waals surface area contributed by atoms with Crippen molar-refractivity contribution in [2.75, 3.05) is 39.3 Å². The van der Waals surface area contributed by atoms with Gasteiger partial charge in [-0.3, -0.25) is 9.69 Å². The topological polar surface area (TPSA) is 47.0 Å². The van der Waals surface area contributed by atoms with E-state index in [1.807, 2.05) is 24.3 Å². The number of piperazine rings is 1. The molecule has 1 N–H and O–H groups in total. The third-order valence-corrected chi connectivity index (χ3v) is 5.30. The van der Waals surface area contributed by atoms with Crippen LogP contribution in [0, 0.1) is 0 Å². The second-order valence-corrected chi connectivity index (χ2v) is 6.97. The van der Waals surface area contributed by atoms with E-state index in [0.717, 1.165) is 42.5 Å². The van der Waals surface area contributed by atoms with Crippen molar-refractivity contribution in [1.29, 1.82) is 0 Å². The van der Waals surface area contributed by atoms with Gasteiger partial charge < -0.3 is 14.9 Å². The predicted octanol–water partition coefficient (Wildman–Crippen LogP) is 1.52. The quantitative estimate of drug-likeness (QED) is 0.898. The van der Waals surface area contributed by atoms with Gasteiger partial charge in [0, 0.05) is 56.9 Å². The number of halogens is 1. The molecule has 1 amide bonds. The molecule has 3 rings (SSSR count). The van der Waals surface area contributed by atoms with Gasteiger partial charge in [-0.1, -0.05) is 30.3 Å². The molecule has 0 bridgehead atoms. The van der Waals surface area contributed by atoms with Crippen LogP contribution in [0.3, 0.4) is 0 Å². The molecule has 0 spiro atoms. The Kier molecular flexibility index (Phi) is 5.13. The molecule has 130 valence electrons. The van der Waals surface area contributed by atoms with Crippen LogP contribution >= 0.6 is 11.6 Å². The monoisotopic (exact) mass is 349 g/mol. The number of aliphatic hydroxyl groups is 1. The third kappa shape index (κ3) is 3.58. The molecule has 1 aromatic carbocycles. The minimum atomic E-state index is -0.458. The molecule has 1 aromatic rings. The summed E-state index contributed by atoms with van der Waals surface area (Å²) in [5, 5.41) is 11.0. The Balaban J connectivity index is 1.57. The summed E-state index contributed by atoms with van der Waals surface area (Å²) in [5.74, 6) is 0.0336. The van der Waals surface area contributed by atoms with E-state index in [-0.39, 0.29) is 11.9 Å². The van der Waals surface area contributed by atoms with Crippen LogP contribution in [0.15, 0.2) is 30.8 Å². The number of β-amino-alcohol motifs (C(OH)–C–C–N with tert-alkyl or cyclic N) is 1. The van der Waals surface area contributed by atoms with Gasteiger partial charge in [-0.2, -0.15) is 0 Å². The number of aliphatic hydroxyl groups excluding tert-OH is 1. The molecule has 5 nitrogen and oxygen atoms in total. The van der Waals surface area contributed by atoms with Gasteiger partial charge in [0.25, 0.3) is 0 Å². The third-order valence-electron chi connectivity index (χ3n) is 5.05. The Labute approximate surface area is 148 Å². The Hall–Kier alpha value is -1.56. The molecule has 0 unspecified atom stereocenters. The first kappa shape index (κ1) is 17.3. The number of nitrogens with zero attached hydrogens (tertiary/aromatic N) is 3. The highest BCUT2D eigenvalue weighted by molar-refractivity contribution is 6.30. The molecule has 24 heavy (non-hydrogen) atoms. The normalized spacial score (nSPS) is 25.1. The van der Waals surface area contributed by atoms with E-state index in [2.05, 4.69) is 16.4 Å². The van der Waals surface area contributed by atoms with Crippen LogP contribution in [0.5, 0.6) is 0 Å². The molecule has 0 aromatic heterocycles. The lowest BCUT2D eigenvalue weighted by molar-refractivity contribution is -0.128. The lowest BCUT2D eigenvalue weighted by atomic mass is 10.1. The molecule has 0 aliphatic carbocycles. The average molecular weight is 350 g/mol. The van der Waals surface area contributed by atoms with E-state index in [9.17, 15) is 9.90 Å². The number of carbonyl (C=O) groups is 1. The zero-order valence-corrected chi connectivity index (χ0v) is 14.7. The van der Waals surface area contributed by atoms with E-state index in [1.165, 1.54) is 0 Å². The second-order valence-electron chi connectivity index (χ2n) is 6.54. The molecule has 2 fully saturated rings. The Morgan fingerprint density at radius 2 is 1.75 bits per heavy atom. The maximum absolute atomic E-state index is 11.5. The minimum Gasteiger partial charge on any atom is -0.390 e. The van der Waals surface area contributed by atoms with Crippen LogP contribution in [0.1, 0.15) is 12.5 Å². The first-order valence-electron chi connectivity index (χ1n) is 8.33. The first-order chi connectivity index (χ1) is 11.5. The van der Waals surface area contributed by atoms with Gasteiger partial charge in [0.05, 0.1) is 12.1 Å². The van der Waals surface area contributed by atoms with Crippen LogP contribution in [0.2, 0.25) is 5.02 Å². The molecule has 6 heteroatoms. The fourth-order valence-electron chi connectivity index (χ4n) is 3.53. The summed E-state index contributed by atoms with van der Waals surface area (Å²) in [6.45, 7) is 10.3. The van der Waals surface area contributed by atoms with E-state index in [4.69, 9.17) is 11.6 Å². The zero-order valence-electron chi connectivity index (χ0n) is 14.0. The van der Waals surface area contributed by atoms with Crippen LogP contribution in [-0.4, -0.2) is 77.1 Å².